The van der Waals surface area contributed by atoms with Crippen molar-refractivity contribution in [3.63, 3.8) is 0 Å². The van der Waals surface area contributed by atoms with Crippen LogP contribution in [0.25, 0.3) is 0 Å². The standard InChI is InChI=1S/C19H22F3N5S/c1-13(11-23)28-18-26-25-17(27(18)16-8-3-2-4-9-16)12-24-15-7-5-6-14(10-15)19(20,21)22/h5-7,10,13,16,24H,2-4,8-9,12H2,1H3. The second kappa shape index (κ2) is 8.86. The molecule has 3 rings (SSSR count). The molecule has 0 spiro atoms. The lowest BCUT2D eigenvalue weighted by atomic mass is 9.95. The van der Waals surface area contributed by atoms with Crippen LogP contribution in [0.2, 0.25) is 0 Å². The van der Waals surface area contributed by atoms with Crippen molar-refractivity contribution in [1.29, 1.82) is 5.26 Å². The summed E-state index contributed by atoms with van der Waals surface area (Å²) in [6, 6.07) is 7.57. The first-order valence-corrected chi connectivity index (χ1v) is 10.2. The van der Waals surface area contributed by atoms with E-state index in [1.807, 2.05) is 6.92 Å². The number of benzene rings is 1. The highest BCUT2D eigenvalue weighted by Gasteiger charge is 2.30. The Hall–Kier alpha value is -2.21. The Morgan fingerprint density at radius 2 is 2.04 bits per heavy atom. The fourth-order valence-electron chi connectivity index (χ4n) is 3.39. The average molecular weight is 409 g/mol. The van der Waals surface area contributed by atoms with Gasteiger partial charge in [0.25, 0.3) is 0 Å². The van der Waals surface area contributed by atoms with E-state index in [0.717, 1.165) is 37.8 Å². The molecule has 28 heavy (non-hydrogen) atoms. The third-order valence-corrected chi connectivity index (χ3v) is 5.73. The Morgan fingerprint density at radius 1 is 1.29 bits per heavy atom. The van der Waals surface area contributed by atoms with Crippen molar-refractivity contribution in [2.24, 2.45) is 0 Å². The molecular weight excluding hydrogens is 387 g/mol. The average Bonchev–Trinajstić information content (AvgIpc) is 3.09. The van der Waals surface area contributed by atoms with E-state index < -0.39 is 11.7 Å². The van der Waals surface area contributed by atoms with Gasteiger partial charge in [-0.2, -0.15) is 18.4 Å². The summed E-state index contributed by atoms with van der Waals surface area (Å²) < 4.78 is 40.8. The normalized spacial score (nSPS) is 16.5. The zero-order valence-electron chi connectivity index (χ0n) is 15.5. The number of alkyl halides is 3. The van der Waals surface area contributed by atoms with Gasteiger partial charge in [-0.1, -0.05) is 37.1 Å². The van der Waals surface area contributed by atoms with Gasteiger partial charge in [0.15, 0.2) is 11.0 Å². The summed E-state index contributed by atoms with van der Waals surface area (Å²) in [6.45, 7) is 2.08. The Morgan fingerprint density at radius 3 is 2.71 bits per heavy atom. The third kappa shape index (κ3) is 4.98. The minimum atomic E-state index is -4.38. The molecule has 1 unspecified atom stereocenters. The summed E-state index contributed by atoms with van der Waals surface area (Å²) in [5.74, 6) is 0.678. The molecule has 1 aliphatic rings. The minimum Gasteiger partial charge on any atom is -0.378 e. The first-order valence-electron chi connectivity index (χ1n) is 9.29. The van der Waals surface area contributed by atoms with Crippen LogP contribution in [-0.4, -0.2) is 20.0 Å². The van der Waals surface area contributed by atoms with Gasteiger partial charge in [0.05, 0.1) is 23.4 Å². The van der Waals surface area contributed by atoms with Gasteiger partial charge in [0.1, 0.15) is 0 Å². The topological polar surface area (TPSA) is 66.5 Å². The third-order valence-electron chi connectivity index (χ3n) is 4.78. The molecule has 1 heterocycles. The first-order chi connectivity index (χ1) is 13.4. The molecular formula is C19H22F3N5S. The van der Waals surface area contributed by atoms with Gasteiger partial charge in [-0.25, -0.2) is 0 Å². The molecule has 1 aliphatic carbocycles. The van der Waals surface area contributed by atoms with Crippen LogP contribution >= 0.6 is 11.8 Å². The van der Waals surface area contributed by atoms with E-state index in [2.05, 4.69) is 26.2 Å². The summed E-state index contributed by atoms with van der Waals surface area (Å²) in [5.41, 5.74) is -0.307. The molecule has 1 atom stereocenters. The molecule has 0 amide bonds. The van der Waals surface area contributed by atoms with E-state index in [0.29, 0.717) is 16.7 Å². The number of hydrogen-bond donors (Lipinski definition) is 1. The lowest BCUT2D eigenvalue weighted by molar-refractivity contribution is -0.137. The van der Waals surface area contributed by atoms with Crippen LogP contribution in [0.1, 0.15) is 56.5 Å². The molecule has 150 valence electrons. The SMILES string of the molecule is CC(C#N)Sc1nnc(CNc2cccc(C(F)(F)F)c2)n1C1CCCCC1. The van der Waals surface area contributed by atoms with Crippen molar-refractivity contribution in [1.82, 2.24) is 14.8 Å². The van der Waals surface area contributed by atoms with Crippen molar-refractivity contribution < 1.29 is 13.2 Å². The molecule has 1 aromatic heterocycles. The van der Waals surface area contributed by atoms with E-state index >= 15 is 0 Å². The quantitative estimate of drug-likeness (QED) is 0.646. The molecule has 0 radical (unpaired) electrons. The number of rotatable bonds is 6. The molecule has 0 bridgehead atoms. The predicted octanol–water partition coefficient (Wildman–Crippen LogP) is 5.42. The van der Waals surface area contributed by atoms with Gasteiger partial charge in [0, 0.05) is 11.7 Å². The Kier molecular flexibility index (Phi) is 6.50. The fourth-order valence-corrected chi connectivity index (χ4v) is 4.21. The summed E-state index contributed by atoms with van der Waals surface area (Å²) in [6.07, 6.45) is 1.11. The first kappa shape index (κ1) is 20.5. The number of nitrogens with zero attached hydrogens (tertiary/aromatic N) is 4. The Balaban J connectivity index is 1.80. The highest BCUT2D eigenvalue weighted by molar-refractivity contribution is 8.00. The Labute approximate surface area is 166 Å². The summed E-state index contributed by atoms with van der Waals surface area (Å²) >= 11 is 1.36. The van der Waals surface area contributed by atoms with Crippen LogP contribution in [-0.2, 0) is 12.7 Å². The molecule has 5 nitrogen and oxygen atoms in total. The Bertz CT molecular complexity index is 837. The minimum absolute atomic E-state index is 0.254. The molecule has 2 aromatic rings. The van der Waals surface area contributed by atoms with Gasteiger partial charge in [0.2, 0.25) is 0 Å². The monoisotopic (exact) mass is 409 g/mol. The summed E-state index contributed by atoms with van der Waals surface area (Å²) in [5, 5.41) is 21.1. The van der Waals surface area contributed by atoms with Crippen molar-refractivity contribution in [3.05, 3.63) is 35.7 Å². The lowest BCUT2D eigenvalue weighted by Gasteiger charge is -2.26. The van der Waals surface area contributed by atoms with Crippen molar-refractivity contribution in [2.45, 2.75) is 68.2 Å². The van der Waals surface area contributed by atoms with Crippen LogP contribution in [0, 0.1) is 11.3 Å². The van der Waals surface area contributed by atoms with Crippen LogP contribution in [0.5, 0.6) is 0 Å². The highest BCUT2D eigenvalue weighted by atomic mass is 32.2. The van der Waals surface area contributed by atoms with Gasteiger partial charge in [-0.05, 0) is 38.0 Å². The number of anilines is 1. The van der Waals surface area contributed by atoms with Gasteiger partial charge < -0.3 is 9.88 Å². The number of hydrogen-bond acceptors (Lipinski definition) is 5. The molecule has 0 aliphatic heterocycles. The van der Waals surface area contributed by atoms with Crippen molar-refractivity contribution in [2.75, 3.05) is 5.32 Å². The van der Waals surface area contributed by atoms with Crippen molar-refractivity contribution >= 4 is 17.4 Å². The zero-order valence-corrected chi connectivity index (χ0v) is 16.4. The van der Waals surface area contributed by atoms with Crippen LogP contribution in [0.15, 0.2) is 29.4 Å². The second-order valence-corrected chi connectivity index (χ2v) is 8.19. The fraction of sp³-hybridized carbons (Fsp3) is 0.526. The number of nitriles is 1. The molecule has 0 saturated heterocycles. The van der Waals surface area contributed by atoms with Gasteiger partial charge in [-0.3, -0.25) is 0 Å². The van der Waals surface area contributed by atoms with E-state index in [1.54, 1.807) is 6.07 Å². The zero-order chi connectivity index (χ0) is 20.1. The summed E-state index contributed by atoms with van der Waals surface area (Å²) in [7, 11) is 0. The maximum absolute atomic E-state index is 12.9. The van der Waals surface area contributed by atoms with Gasteiger partial charge in [-0.15, -0.1) is 10.2 Å². The maximum atomic E-state index is 12.9. The van der Waals surface area contributed by atoms with E-state index in [-0.39, 0.29) is 17.8 Å². The van der Waals surface area contributed by atoms with Gasteiger partial charge >= 0.3 is 6.18 Å². The molecule has 1 aromatic carbocycles. The van der Waals surface area contributed by atoms with Crippen LogP contribution < -0.4 is 5.32 Å². The van der Waals surface area contributed by atoms with Crippen LogP contribution in [0.4, 0.5) is 18.9 Å². The number of thioether (sulfide) groups is 1. The number of halogens is 3. The molecule has 1 N–H and O–H groups in total. The largest absolute Gasteiger partial charge is 0.416 e. The second-order valence-electron chi connectivity index (χ2n) is 6.88. The predicted molar refractivity (Wildman–Crippen MR) is 102 cm³/mol. The molecule has 9 heteroatoms. The maximum Gasteiger partial charge on any atom is 0.416 e. The highest BCUT2D eigenvalue weighted by Crippen LogP contribution is 2.34. The van der Waals surface area contributed by atoms with E-state index in [4.69, 9.17) is 5.26 Å². The molecule has 1 saturated carbocycles. The smallest absolute Gasteiger partial charge is 0.378 e. The number of nitrogens with one attached hydrogen (secondary N) is 1. The molecule has 1 fully saturated rings. The number of aromatic nitrogens is 3. The lowest BCUT2D eigenvalue weighted by Crippen LogP contribution is -2.18. The summed E-state index contributed by atoms with van der Waals surface area (Å²) in [4.78, 5) is 0. The van der Waals surface area contributed by atoms with E-state index in [9.17, 15) is 13.2 Å². The van der Waals surface area contributed by atoms with Crippen LogP contribution in [0.3, 0.4) is 0 Å². The van der Waals surface area contributed by atoms with E-state index in [1.165, 1.54) is 24.2 Å². The van der Waals surface area contributed by atoms with Crippen molar-refractivity contribution in [3.8, 4) is 6.07 Å².